The molecule has 0 unspecified atom stereocenters. The van der Waals surface area contributed by atoms with Crippen molar-refractivity contribution >= 4 is 46.7 Å². The number of H-pyrrole nitrogens is 1. The number of hydrogen-bond donors (Lipinski definition) is 3. The second kappa shape index (κ2) is 13.1. The lowest BCUT2D eigenvalue weighted by molar-refractivity contribution is -0.127. The summed E-state index contributed by atoms with van der Waals surface area (Å²) < 4.78 is 5.21. The number of rotatable bonds is 9. The fourth-order valence-electron chi connectivity index (χ4n) is 3.54. The van der Waals surface area contributed by atoms with Gasteiger partial charge in [-0.25, -0.2) is 4.99 Å². The molecule has 3 rings (SSSR count). The number of likely N-dealkylation sites (N-methyl/N-ethyl adjacent to an activating group) is 1. The maximum absolute atomic E-state index is 12.0. The highest BCUT2D eigenvalue weighted by Crippen LogP contribution is 2.21. The van der Waals surface area contributed by atoms with Gasteiger partial charge in [0, 0.05) is 43.8 Å². The zero-order valence-electron chi connectivity index (χ0n) is 19.8. The molecule has 8 heteroatoms. The van der Waals surface area contributed by atoms with Crippen LogP contribution in [0.2, 0.25) is 0 Å². The van der Waals surface area contributed by atoms with E-state index in [1.807, 2.05) is 18.2 Å². The summed E-state index contributed by atoms with van der Waals surface area (Å²) in [7, 11) is 5.14. The number of aromatic nitrogens is 1. The molecule has 33 heavy (non-hydrogen) atoms. The van der Waals surface area contributed by atoms with Gasteiger partial charge >= 0.3 is 0 Å². The van der Waals surface area contributed by atoms with Crippen molar-refractivity contribution in [3.05, 3.63) is 65.4 Å². The van der Waals surface area contributed by atoms with Crippen molar-refractivity contribution in [3.63, 3.8) is 0 Å². The lowest BCUT2D eigenvalue weighted by atomic mass is 10.1. The predicted octanol–water partition coefficient (Wildman–Crippen LogP) is 3.51. The number of nitrogens with zero attached hydrogens (tertiary/aromatic N) is 2. The van der Waals surface area contributed by atoms with Crippen LogP contribution in [0.4, 0.5) is 0 Å². The summed E-state index contributed by atoms with van der Waals surface area (Å²) in [4.78, 5) is 21.5. The number of fused-ring (bicyclic) bond motifs is 1. The summed E-state index contributed by atoms with van der Waals surface area (Å²) in [5.74, 6) is 1.46. The lowest BCUT2D eigenvalue weighted by Crippen LogP contribution is -2.40. The van der Waals surface area contributed by atoms with Crippen LogP contribution in [0.15, 0.2) is 53.5 Å². The van der Waals surface area contributed by atoms with E-state index in [4.69, 9.17) is 4.74 Å². The molecule has 178 valence electrons. The van der Waals surface area contributed by atoms with Gasteiger partial charge in [-0.1, -0.05) is 30.3 Å². The van der Waals surface area contributed by atoms with E-state index in [-0.39, 0.29) is 36.4 Å². The van der Waals surface area contributed by atoms with Crippen molar-refractivity contribution in [2.24, 2.45) is 4.99 Å². The largest absolute Gasteiger partial charge is 0.497 e. The quantitative estimate of drug-likeness (QED) is 0.212. The van der Waals surface area contributed by atoms with Gasteiger partial charge in [-0.3, -0.25) is 4.79 Å². The fraction of sp³-hybridized carbons (Fsp3) is 0.360. The zero-order chi connectivity index (χ0) is 22.9. The van der Waals surface area contributed by atoms with Gasteiger partial charge in [-0.15, -0.1) is 24.0 Å². The van der Waals surface area contributed by atoms with Gasteiger partial charge in [0.2, 0.25) is 5.91 Å². The van der Waals surface area contributed by atoms with Crippen LogP contribution in [0.3, 0.4) is 0 Å². The molecule has 0 saturated heterocycles. The number of guanidine groups is 1. The molecule has 0 aliphatic heterocycles. The van der Waals surface area contributed by atoms with E-state index in [2.05, 4.69) is 57.9 Å². The van der Waals surface area contributed by atoms with Crippen molar-refractivity contribution in [1.82, 2.24) is 20.5 Å². The van der Waals surface area contributed by atoms with Crippen LogP contribution < -0.4 is 15.4 Å². The average molecular weight is 563 g/mol. The summed E-state index contributed by atoms with van der Waals surface area (Å²) in [6.07, 6.45) is 1.70. The molecule has 1 amide bonds. The number of carbonyl (C=O) groups excluding carboxylic acids is 1. The van der Waals surface area contributed by atoms with Crippen LogP contribution in [0.1, 0.15) is 16.8 Å². The van der Waals surface area contributed by atoms with Gasteiger partial charge in [0.15, 0.2) is 5.96 Å². The molecular formula is C25H34IN5O2. The number of carbonyl (C=O) groups is 1. The molecule has 0 aliphatic rings. The summed E-state index contributed by atoms with van der Waals surface area (Å²) in [6.45, 7) is 3.64. The topological polar surface area (TPSA) is 81.8 Å². The first-order chi connectivity index (χ1) is 15.5. The minimum absolute atomic E-state index is 0. The fourth-order valence-corrected chi connectivity index (χ4v) is 3.54. The highest BCUT2D eigenvalue weighted by Gasteiger charge is 2.09. The SMILES string of the molecule is COc1ccc(CCNC(=NCC(=O)N(C)C)NCCc2c(C)[nH]c3ccccc23)cc1.I. The standard InChI is InChI=1S/C25H33N5O2.HI/c1-18-21(22-7-5-6-8-23(22)29-18)14-16-27-25(28-17-24(31)30(2)3)26-15-13-19-9-11-20(32-4)12-10-19;/h5-12,29H,13-17H2,1-4H3,(H2,26,27,28);1H. The first-order valence-corrected chi connectivity index (χ1v) is 10.9. The number of aliphatic imine (C=N–C) groups is 1. The third kappa shape index (κ3) is 7.66. The van der Waals surface area contributed by atoms with Gasteiger partial charge in [-0.2, -0.15) is 0 Å². The Morgan fingerprint density at radius 2 is 1.70 bits per heavy atom. The van der Waals surface area contributed by atoms with E-state index in [0.29, 0.717) is 19.0 Å². The Morgan fingerprint density at radius 1 is 1.03 bits per heavy atom. The third-order valence-electron chi connectivity index (χ3n) is 5.43. The van der Waals surface area contributed by atoms with Crippen molar-refractivity contribution in [2.75, 3.05) is 40.8 Å². The molecule has 1 aromatic heterocycles. The first-order valence-electron chi connectivity index (χ1n) is 10.9. The van der Waals surface area contributed by atoms with Crippen molar-refractivity contribution in [3.8, 4) is 5.75 Å². The van der Waals surface area contributed by atoms with Crippen molar-refractivity contribution in [1.29, 1.82) is 0 Å². The molecule has 0 saturated carbocycles. The lowest BCUT2D eigenvalue weighted by Gasteiger charge is -2.14. The minimum atomic E-state index is -0.0336. The highest BCUT2D eigenvalue weighted by molar-refractivity contribution is 14.0. The number of aromatic amines is 1. The summed E-state index contributed by atoms with van der Waals surface area (Å²) >= 11 is 0. The van der Waals surface area contributed by atoms with Gasteiger partial charge in [0.25, 0.3) is 0 Å². The molecule has 0 atom stereocenters. The molecule has 7 nitrogen and oxygen atoms in total. The van der Waals surface area contributed by atoms with E-state index < -0.39 is 0 Å². The smallest absolute Gasteiger partial charge is 0.243 e. The third-order valence-corrected chi connectivity index (χ3v) is 5.43. The van der Waals surface area contributed by atoms with E-state index in [1.54, 1.807) is 26.1 Å². The number of ether oxygens (including phenoxy) is 1. The summed E-state index contributed by atoms with van der Waals surface area (Å²) in [6, 6.07) is 16.4. The van der Waals surface area contributed by atoms with Crippen molar-refractivity contribution in [2.45, 2.75) is 19.8 Å². The first kappa shape index (κ1) is 26.5. The van der Waals surface area contributed by atoms with Crippen molar-refractivity contribution < 1.29 is 9.53 Å². The van der Waals surface area contributed by atoms with Gasteiger partial charge in [-0.05, 0) is 49.1 Å². The molecule has 3 N–H and O–H groups in total. The number of benzene rings is 2. The van der Waals surface area contributed by atoms with Crippen LogP contribution in [0.25, 0.3) is 10.9 Å². The maximum Gasteiger partial charge on any atom is 0.243 e. The molecule has 0 bridgehead atoms. The molecule has 0 fully saturated rings. The molecular weight excluding hydrogens is 529 g/mol. The van der Waals surface area contributed by atoms with Gasteiger partial charge in [0.1, 0.15) is 12.3 Å². The minimum Gasteiger partial charge on any atom is -0.497 e. The molecule has 2 aromatic carbocycles. The Labute approximate surface area is 213 Å². The molecule has 3 aromatic rings. The maximum atomic E-state index is 12.0. The van der Waals surface area contributed by atoms with E-state index in [0.717, 1.165) is 24.1 Å². The number of para-hydroxylation sites is 1. The van der Waals surface area contributed by atoms with Gasteiger partial charge < -0.3 is 25.3 Å². The second-order valence-corrected chi connectivity index (χ2v) is 7.93. The predicted molar refractivity (Wildman–Crippen MR) is 146 cm³/mol. The Balaban J connectivity index is 0.00000385. The van der Waals surface area contributed by atoms with Crippen LogP contribution in [-0.2, 0) is 17.6 Å². The number of methoxy groups -OCH3 is 1. The van der Waals surface area contributed by atoms with E-state index in [1.165, 1.54) is 22.2 Å². The monoisotopic (exact) mass is 563 g/mol. The normalized spacial score (nSPS) is 11.1. The molecule has 0 spiro atoms. The second-order valence-electron chi connectivity index (χ2n) is 7.93. The average Bonchev–Trinajstić information content (AvgIpc) is 3.12. The summed E-state index contributed by atoms with van der Waals surface area (Å²) in [5.41, 5.74) is 4.84. The van der Waals surface area contributed by atoms with Crippen LogP contribution in [0, 0.1) is 6.92 Å². The van der Waals surface area contributed by atoms with E-state index in [9.17, 15) is 4.79 Å². The Kier molecular flexibility index (Phi) is 10.5. The highest BCUT2D eigenvalue weighted by atomic mass is 127. The van der Waals surface area contributed by atoms with E-state index >= 15 is 0 Å². The summed E-state index contributed by atoms with van der Waals surface area (Å²) in [5, 5.41) is 7.99. The number of aryl methyl sites for hydroxylation is 1. The number of amides is 1. The Morgan fingerprint density at radius 3 is 2.36 bits per heavy atom. The number of halogens is 1. The number of hydrogen-bond acceptors (Lipinski definition) is 3. The van der Waals surface area contributed by atoms with Gasteiger partial charge in [0.05, 0.1) is 7.11 Å². The molecule has 0 aliphatic carbocycles. The van der Waals surface area contributed by atoms with Crippen LogP contribution in [0.5, 0.6) is 5.75 Å². The number of nitrogens with one attached hydrogen (secondary N) is 3. The molecule has 0 radical (unpaired) electrons. The Bertz CT molecular complexity index is 1060. The van der Waals surface area contributed by atoms with Crippen LogP contribution >= 0.6 is 24.0 Å². The van der Waals surface area contributed by atoms with Crippen LogP contribution in [-0.4, -0.2) is 62.6 Å². The Hall–Kier alpha value is -2.75. The zero-order valence-corrected chi connectivity index (χ0v) is 22.1. The molecule has 1 heterocycles.